The lowest BCUT2D eigenvalue weighted by atomic mass is 9.96. The molecule has 0 N–H and O–H groups in total. The average molecular weight is 152 g/mol. The van der Waals surface area contributed by atoms with Crippen molar-refractivity contribution >= 4 is 0 Å². The van der Waals surface area contributed by atoms with Gasteiger partial charge in [0.1, 0.15) is 0 Å². The van der Waals surface area contributed by atoms with Crippen molar-refractivity contribution in [3.05, 3.63) is 23.8 Å². The normalized spacial score (nSPS) is 14.7. The summed E-state index contributed by atoms with van der Waals surface area (Å²) in [6, 6.07) is 0. The Morgan fingerprint density at radius 2 is 2.00 bits per heavy atom. The van der Waals surface area contributed by atoms with E-state index in [1.165, 1.54) is 24.0 Å². The lowest BCUT2D eigenvalue weighted by Crippen LogP contribution is -1.95. The molecule has 0 radical (unpaired) electrons. The maximum Gasteiger partial charge on any atom is -0.0234 e. The smallest absolute Gasteiger partial charge is 0.0234 e. The van der Waals surface area contributed by atoms with Crippen LogP contribution in [0.4, 0.5) is 0 Å². The van der Waals surface area contributed by atoms with Gasteiger partial charge in [-0.25, -0.2) is 0 Å². The molecule has 0 aliphatic heterocycles. The molecule has 11 heavy (non-hydrogen) atoms. The standard InChI is InChI=1S/C11H20/c1-6-10(4)7-8-11(5)9(2)3/h6,11H,2,7-8H2,1,3-5H3/b10-6-. The van der Waals surface area contributed by atoms with Crippen molar-refractivity contribution in [1.82, 2.24) is 0 Å². The minimum atomic E-state index is 0.671. The first-order valence-electron chi connectivity index (χ1n) is 4.35. The van der Waals surface area contributed by atoms with Crippen LogP contribution in [0.5, 0.6) is 0 Å². The predicted octanol–water partition coefficient (Wildman–Crippen LogP) is 3.95. The molecular formula is C11H20. The first kappa shape index (κ1) is 10.5. The highest BCUT2D eigenvalue weighted by Crippen LogP contribution is 2.16. The van der Waals surface area contributed by atoms with Crippen molar-refractivity contribution in [2.45, 2.75) is 40.5 Å². The van der Waals surface area contributed by atoms with Crippen LogP contribution in [-0.2, 0) is 0 Å². The van der Waals surface area contributed by atoms with Gasteiger partial charge in [-0.2, -0.15) is 0 Å². The molecule has 0 aromatic rings. The Morgan fingerprint density at radius 3 is 2.36 bits per heavy atom. The van der Waals surface area contributed by atoms with Gasteiger partial charge in [-0.3, -0.25) is 0 Å². The van der Waals surface area contributed by atoms with Crippen LogP contribution in [0, 0.1) is 5.92 Å². The highest BCUT2D eigenvalue weighted by Gasteiger charge is 2.01. The molecule has 0 aromatic heterocycles. The summed E-state index contributed by atoms with van der Waals surface area (Å²) in [6.07, 6.45) is 4.64. The van der Waals surface area contributed by atoms with Crippen molar-refractivity contribution in [3.8, 4) is 0 Å². The number of hydrogen-bond donors (Lipinski definition) is 0. The van der Waals surface area contributed by atoms with Crippen molar-refractivity contribution in [2.24, 2.45) is 5.92 Å². The molecule has 1 atom stereocenters. The van der Waals surface area contributed by atoms with Gasteiger partial charge in [0, 0.05) is 0 Å². The zero-order chi connectivity index (χ0) is 8.85. The number of rotatable bonds is 4. The van der Waals surface area contributed by atoms with Crippen molar-refractivity contribution in [3.63, 3.8) is 0 Å². The first-order chi connectivity index (χ1) is 5.07. The summed E-state index contributed by atoms with van der Waals surface area (Å²) in [5, 5.41) is 0. The summed E-state index contributed by atoms with van der Waals surface area (Å²) >= 11 is 0. The van der Waals surface area contributed by atoms with Crippen LogP contribution >= 0.6 is 0 Å². The van der Waals surface area contributed by atoms with Gasteiger partial charge in [-0.05, 0) is 39.5 Å². The van der Waals surface area contributed by atoms with Crippen LogP contribution in [0.1, 0.15) is 40.5 Å². The summed E-state index contributed by atoms with van der Waals surface area (Å²) in [4.78, 5) is 0. The van der Waals surface area contributed by atoms with Gasteiger partial charge in [0.25, 0.3) is 0 Å². The minimum absolute atomic E-state index is 0.671. The van der Waals surface area contributed by atoms with Crippen LogP contribution in [0.25, 0.3) is 0 Å². The molecule has 0 aromatic carbocycles. The van der Waals surface area contributed by atoms with E-state index in [9.17, 15) is 0 Å². The van der Waals surface area contributed by atoms with Gasteiger partial charge >= 0.3 is 0 Å². The van der Waals surface area contributed by atoms with Gasteiger partial charge in [0.2, 0.25) is 0 Å². The second kappa shape index (κ2) is 5.17. The van der Waals surface area contributed by atoms with Gasteiger partial charge in [-0.1, -0.05) is 30.7 Å². The molecule has 64 valence electrons. The average Bonchev–Trinajstić information content (AvgIpc) is 1.99. The molecule has 0 aliphatic rings. The zero-order valence-corrected chi connectivity index (χ0v) is 8.28. The first-order valence-corrected chi connectivity index (χ1v) is 4.35. The Morgan fingerprint density at radius 1 is 1.45 bits per heavy atom. The van der Waals surface area contributed by atoms with Crippen LogP contribution in [0.2, 0.25) is 0 Å². The zero-order valence-electron chi connectivity index (χ0n) is 8.28. The lowest BCUT2D eigenvalue weighted by Gasteiger charge is -2.10. The number of allylic oxidation sites excluding steroid dienone is 3. The molecule has 0 fully saturated rings. The van der Waals surface area contributed by atoms with E-state index in [1.807, 2.05) is 0 Å². The van der Waals surface area contributed by atoms with E-state index in [2.05, 4.69) is 40.3 Å². The van der Waals surface area contributed by atoms with Crippen LogP contribution in [0.3, 0.4) is 0 Å². The Bertz CT molecular complexity index is 151. The molecule has 1 unspecified atom stereocenters. The van der Waals surface area contributed by atoms with Crippen molar-refractivity contribution < 1.29 is 0 Å². The second-order valence-electron chi connectivity index (χ2n) is 3.42. The summed E-state index contributed by atoms with van der Waals surface area (Å²) in [5.41, 5.74) is 2.78. The SMILES string of the molecule is C=C(C)C(C)CC/C(C)=C\C. The van der Waals surface area contributed by atoms with Gasteiger partial charge < -0.3 is 0 Å². The molecule has 0 spiro atoms. The lowest BCUT2D eigenvalue weighted by molar-refractivity contribution is 0.612. The highest BCUT2D eigenvalue weighted by atomic mass is 14.1. The monoisotopic (exact) mass is 152 g/mol. The summed E-state index contributed by atoms with van der Waals surface area (Å²) in [5.74, 6) is 0.671. The third-order valence-electron chi connectivity index (χ3n) is 2.31. The number of hydrogen-bond acceptors (Lipinski definition) is 0. The third kappa shape index (κ3) is 4.83. The summed E-state index contributed by atoms with van der Waals surface area (Å²) in [7, 11) is 0. The maximum absolute atomic E-state index is 3.94. The predicted molar refractivity (Wildman–Crippen MR) is 52.6 cm³/mol. The fourth-order valence-corrected chi connectivity index (χ4v) is 0.835. The van der Waals surface area contributed by atoms with Gasteiger partial charge in [0.05, 0.1) is 0 Å². The Labute approximate surface area is 71.0 Å². The Kier molecular flexibility index (Phi) is 4.93. The molecule has 0 heteroatoms. The van der Waals surface area contributed by atoms with E-state index in [-0.39, 0.29) is 0 Å². The minimum Gasteiger partial charge on any atom is -0.0999 e. The molecule has 0 nitrogen and oxygen atoms in total. The van der Waals surface area contributed by atoms with Crippen LogP contribution in [-0.4, -0.2) is 0 Å². The molecule has 0 saturated heterocycles. The fourth-order valence-electron chi connectivity index (χ4n) is 0.835. The molecule has 0 bridgehead atoms. The molecular weight excluding hydrogens is 132 g/mol. The summed E-state index contributed by atoms with van der Waals surface area (Å²) in [6.45, 7) is 12.6. The fraction of sp³-hybridized carbons (Fsp3) is 0.636. The molecule has 0 saturated carbocycles. The van der Waals surface area contributed by atoms with Gasteiger partial charge in [0.15, 0.2) is 0 Å². The quantitative estimate of drug-likeness (QED) is 0.535. The molecule has 0 heterocycles. The topological polar surface area (TPSA) is 0 Å². The van der Waals surface area contributed by atoms with Crippen molar-refractivity contribution in [1.29, 1.82) is 0 Å². The second-order valence-corrected chi connectivity index (χ2v) is 3.42. The van der Waals surface area contributed by atoms with E-state index in [1.54, 1.807) is 0 Å². The van der Waals surface area contributed by atoms with Crippen molar-refractivity contribution in [2.75, 3.05) is 0 Å². The molecule has 0 rings (SSSR count). The molecule has 0 aliphatic carbocycles. The van der Waals surface area contributed by atoms with E-state index >= 15 is 0 Å². The van der Waals surface area contributed by atoms with Crippen LogP contribution in [0.15, 0.2) is 23.8 Å². The third-order valence-corrected chi connectivity index (χ3v) is 2.31. The molecule has 0 amide bonds. The highest BCUT2D eigenvalue weighted by molar-refractivity contribution is 4.99. The summed E-state index contributed by atoms with van der Waals surface area (Å²) < 4.78 is 0. The Hall–Kier alpha value is -0.520. The largest absolute Gasteiger partial charge is 0.0999 e. The maximum atomic E-state index is 3.94. The van der Waals surface area contributed by atoms with E-state index in [0.717, 1.165) is 0 Å². The van der Waals surface area contributed by atoms with E-state index < -0.39 is 0 Å². The van der Waals surface area contributed by atoms with E-state index in [4.69, 9.17) is 0 Å². The van der Waals surface area contributed by atoms with E-state index in [0.29, 0.717) is 5.92 Å². The van der Waals surface area contributed by atoms with Gasteiger partial charge in [-0.15, -0.1) is 0 Å². The van der Waals surface area contributed by atoms with Crippen LogP contribution < -0.4 is 0 Å². The Balaban J connectivity index is 3.62.